The lowest BCUT2D eigenvalue weighted by Crippen LogP contribution is -1.83. The van der Waals surface area contributed by atoms with Gasteiger partial charge in [-0.2, -0.15) is 0 Å². The van der Waals surface area contributed by atoms with Crippen molar-refractivity contribution in [2.75, 3.05) is 13.2 Å². The third-order valence-electron chi connectivity index (χ3n) is 0.291. The normalized spacial score (nSPS) is 6.83. The van der Waals surface area contributed by atoms with Crippen LogP contribution in [0.25, 0.3) is 0 Å². The Bertz CT molecular complexity index is 65.2. The van der Waals surface area contributed by atoms with Crippen LogP contribution in [0.1, 0.15) is 0 Å². The molecule has 0 fully saturated rings. The van der Waals surface area contributed by atoms with E-state index in [2.05, 4.69) is 4.99 Å². The van der Waals surface area contributed by atoms with E-state index in [0.29, 0.717) is 6.54 Å². The zero-order valence-electron chi connectivity index (χ0n) is 3.31. The summed E-state index contributed by atoms with van der Waals surface area (Å²) in [6.07, 6.45) is 0. The number of aliphatic imine (C=N–C) groups is 1. The van der Waals surface area contributed by atoms with Crippen molar-refractivity contribution in [3.63, 3.8) is 0 Å². The minimum Gasteiger partial charge on any atom is -0.394 e. The standard InChI is InChI=1S/C3H6N2O/c4-3-5-1-2-6/h4,6H,1-2H2. The SMILES string of the molecule is N=C=NCCO. The van der Waals surface area contributed by atoms with Crippen molar-refractivity contribution in [3.05, 3.63) is 0 Å². The molecular weight excluding hydrogens is 80.0 g/mol. The number of aliphatic hydroxyl groups excluding tert-OH is 1. The predicted octanol–water partition coefficient (Wildman–Crippen LogP) is -0.269. The summed E-state index contributed by atoms with van der Waals surface area (Å²) in [6, 6.07) is 1.78. The Morgan fingerprint density at radius 1 is 1.83 bits per heavy atom. The number of rotatable bonds is 2. The van der Waals surface area contributed by atoms with Gasteiger partial charge in [-0.3, -0.25) is 0 Å². The Kier molecular flexibility index (Phi) is 3.86. The summed E-state index contributed by atoms with van der Waals surface area (Å²) in [4.78, 5) is 3.26. The maximum absolute atomic E-state index is 7.98. The first-order chi connectivity index (χ1) is 2.91. The molecule has 0 saturated carbocycles. The summed E-state index contributed by atoms with van der Waals surface area (Å²) in [5.74, 6) is 0. The third-order valence-corrected chi connectivity index (χ3v) is 0.291. The zero-order valence-corrected chi connectivity index (χ0v) is 3.31. The number of aliphatic hydroxyl groups is 1. The second-order valence-corrected chi connectivity index (χ2v) is 0.717. The van der Waals surface area contributed by atoms with E-state index in [1.54, 1.807) is 6.01 Å². The van der Waals surface area contributed by atoms with Crippen molar-refractivity contribution in [1.82, 2.24) is 0 Å². The van der Waals surface area contributed by atoms with E-state index in [0.717, 1.165) is 0 Å². The second-order valence-electron chi connectivity index (χ2n) is 0.717. The molecule has 3 heteroatoms. The van der Waals surface area contributed by atoms with Gasteiger partial charge in [-0.25, -0.2) is 10.4 Å². The van der Waals surface area contributed by atoms with Gasteiger partial charge in [-0.05, 0) is 0 Å². The van der Waals surface area contributed by atoms with Gasteiger partial charge in [-0.1, -0.05) is 0 Å². The van der Waals surface area contributed by atoms with Crippen LogP contribution in [-0.2, 0) is 0 Å². The quantitative estimate of drug-likeness (QED) is 0.446. The predicted molar refractivity (Wildman–Crippen MR) is 22.1 cm³/mol. The number of nitrogens with one attached hydrogen (secondary N) is 1. The molecule has 0 aliphatic rings. The van der Waals surface area contributed by atoms with Gasteiger partial charge in [0, 0.05) is 0 Å². The van der Waals surface area contributed by atoms with Crippen LogP contribution in [0.2, 0.25) is 0 Å². The average molecular weight is 86.1 g/mol. The minimum absolute atomic E-state index is 0.00583. The van der Waals surface area contributed by atoms with Crippen molar-refractivity contribution in [2.45, 2.75) is 0 Å². The highest BCUT2D eigenvalue weighted by Crippen LogP contribution is 1.57. The highest BCUT2D eigenvalue weighted by Gasteiger charge is 1.65. The van der Waals surface area contributed by atoms with Crippen molar-refractivity contribution in [3.8, 4) is 0 Å². The second kappa shape index (κ2) is 4.34. The molecule has 3 nitrogen and oxygen atoms in total. The van der Waals surface area contributed by atoms with Crippen molar-refractivity contribution in [2.24, 2.45) is 4.99 Å². The van der Waals surface area contributed by atoms with Crippen LogP contribution in [0.5, 0.6) is 0 Å². The van der Waals surface area contributed by atoms with Crippen molar-refractivity contribution in [1.29, 1.82) is 5.41 Å². The fourth-order valence-electron chi connectivity index (χ4n) is 0.106. The van der Waals surface area contributed by atoms with Crippen molar-refractivity contribution >= 4 is 6.01 Å². The van der Waals surface area contributed by atoms with Crippen LogP contribution < -0.4 is 0 Å². The summed E-state index contributed by atoms with van der Waals surface area (Å²) in [5.41, 5.74) is 0. The molecule has 0 aliphatic carbocycles. The summed E-state index contributed by atoms with van der Waals surface area (Å²) in [6.45, 7) is 0.301. The van der Waals surface area contributed by atoms with Gasteiger partial charge in [0.05, 0.1) is 19.2 Å². The maximum atomic E-state index is 7.98. The number of hydrogen-bond acceptors (Lipinski definition) is 3. The zero-order chi connectivity index (χ0) is 4.83. The van der Waals surface area contributed by atoms with E-state index < -0.39 is 0 Å². The van der Waals surface area contributed by atoms with Gasteiger partial charge in [0.25, 0.3) is 0 Å². The van der Waals surface area contributed by atoms with Crippen LogP contribution >= 0.6 is 0 Å². The summed E-state index contributed by atoms with van der Waals surface area (Å²) in [7, 11) is 0. The molecule has 0 aliphatic heterocycles. The van der Waals surface area contributed by atoms with Gasteiger partial charge in [0.1, 0.15) is 0 Å². The molecule has 0 amide bonds. The van der Waals surface area contributed by atoms with Crippen LogP contribution in [0.4, 0.5) is 0 Å². The first kappa shape index (κ1) is 5.34. The molecule has 0 aromatic heterocycles. The summed E-state index contributed by atoms with van der Waals surface area (Å²) >= 11 is 0. The topological polar surface area (TPSA) is 56.4 Å². The van der Waals surface area contributed by atoms with E-state index in [1.807, 2.05) is 0 Å². The highest BCUT2D eigenvalue weighted by atomic mass is 16.3. The van der Waals surface area contributed by atoms with Crippen LogP contribution in [0.3, 0.4) is 0 Å². The van der Waals surface area contributed by atoms with E-state index in [-0.39, 0.29) is 6.61 Å². The Balaban J connectivity index is 2.86. The molecule has 0 atom stereocenters. The first-order valence-electron chi connectivity index (χ1n) is 1.61. The average Bonchev–Trinajstić information content (AvgIpc) is 1.61. The Morgan fingerprint density at radius 3 is 2.67 bits per heavy atom. The molecule has 2 N–H and O–H groups in total. The van der Waals surface area contributed by atoms with Crippen LogP contribution in [-0.4, -0.2) is 24.3 Å². The number of nitrogens with zero attached hydrogens (tertiary/aromatic N) is 1. The summed E-state index contributed by atoms with van der Waals surface area (Å²) in [5, 5.41) is 14.2. The molecule has 0 heterocycles. The fourth-order valence-corrected chi connectivity index (χ4v) is 0.106. The van der Waals surface area contributed by atoms with E-state index >= 15 is 0 Å². The van der Waals surface area contributed by atoms with Gasteiger partial charge in [-0.15, -0.1) is 0 Å². The van der Waals surface area contributed by atoms with E-state index in [4.69, 9.17) is 10.5 Å². The van der Waals surface area contributed by atoms with Gasteiger partial charge in [0.2, 0.25) is 0 Å². The molecule has 0 unspecified atom stereocenters. The molecule has 0 radical (unpaired) electrons. The molecule has 0 aromatic carbocycles. The Morgan fingerprint density at radius 2 is 2.50 bits per heavy atom. The van der Waals surface area contributed by atoms with Gasteiger partial charge >= 0.3 is 0 Å². The Hall–Kier alpha value is -0.660. The monoisotopic (exact) mass is 86.0 g/mol. The molecule has 0 saturated heterocycles. The van der Waals surface area contributed by atoms with Gasteiger partial charge in [0.15, 0.2) is 0 Å². The molecule has 0 spiro atoms. The summed E-state index contributed by atoms with van der Waals surface area (Å²) < 4.78 is 0. The van der Waals surface area contributed by atoms with E-state index in [1.165, 1.54) is 0 Å². The molecular formula is C3H6N2O. The van der Waals surface area contributed by atoms with Crippen LogP contribution in [0.15, 0.2) is 4.99 Å². The third kappa shape index (κ3) is 3.34. The van der Waals surface area contributed by atoms with Crippen molar-refractivity contribution < 1.29 is 5.11 Å². The smallest absolute Gasteiger partial charge is 0.0862 e. The molecule has 34 valence electrons. The highest BCUT2D eigenvalue weighted by molar-refractivity contribution is 5.35. The first-order valence-corrected chi connectivity index (χ1v) is 1.61. The van der Waals surface area contributed by atoms with Crippen LogP contribution in [0, 0.1) is 5.41 Å². The number of hydrogen-bond donors (Lipinski definition) is 2. The molecule has 0 rings (SSSR count). The molecule has 0 aromatic rings. The Labute approximate surface area is 35.8 Å². The lowest BCUT2D eigenvalue weighted by Gasteiger charge is -1.73. The fraction of sp³-hybridized carbons (Fsp3) is 0.667. The molecule has 6 heavy (non-hydrogen) atoms. The molecule has 0 bridgehead atoms. The maximum Gasteiger partial charge on any atom is 0.0862 e. The van der Waals surface area contributed by atoms with Gasteiger partial charge < -0.3 is 5.11 Å². The lowest BCUT2D eigenvalue weighted by atomic mass is 10.7. The lowest BCUT2D eigenvalue weighted by molar-refractivity contribution is 0.307. The van der Waals surface area contributed by atoms with E-state index in [9.17, 15) is 0 Å². The minimum atomic E-state index is 0.00583. The largest absolute Gasteiger partial charge is 0.394 e.